The fourth-order valence-electron chi connectivity index (χ4n) is 1.56. The fourth-order valence-corrected chi connectivity index (χ4v) is 2.69. The van der Waals surface area contributed by atoms with Crippen molar-refractivity contribution >= 4 is 34.2 Å². The van der Waals surface area contributed by atoms with Gasteiger partial charge in [0.15, 0.2) is 0 Å². The molecule has 0 radical (unpaired) electrons. The number of carbonyl (C=O) groups excluding carboxylic acids is 2. The monoisotopic (exact) mass is 301 g/mol. The summed E-state index contributed by atoms with van der Waals surface area (Å²) in [4.78, 5) is 34.1. The van der Waals surface area contributed by atoms with Gasteiger partial charge in [-0.15, -0.1) is 11.3 Å². The first-order valence-electron chi connectivity index (χ1n) is 5.68. The van der Waals surface area contributed by atoms with Crippen molar-refractivity contribution < 1.29 is 29.0 Å². The van der Waals surface area contributed by atoms with E-state index in [1.54, 1.807) is 6.92 Å². The highest BCUT2D eigenvalue weighted by Gasteiger charge is 2.25. The fraction of sp³-hybridized carbons (Fsp3) is 0.417. The molecule has 0 aromatic carbocycles. The van der Waals surface area contributed by atoms with Crippen molar-refractivity contribution in [2.45, 2.75) is 13.3 Å². The average molecular weight is 301 g/mol. The van der Waals surface area contributed by atoms with E-state index in [9.17, 15) is 14.4 Å². The summed E-state index contributed by atoms with van der Waals surface area (Å²) in [6, 6.07) is 0. The second kappa shape index (κ2) is 6.90. The maximum Gasteiger partial charge on any atom is 0.348 e. The van der Waals surface area contributed by atoms with Gasteiger partial charge >= 0.3 is 17.9 Å². The van der Waals surface area contributed by atoms with Crippen molar-refractivity contribution in [2.24, 2.45) is 0 Å². The number of hydrogen-bond donors (Lipinski definition) is 2. The Kier molecular flexibility index (Phi) is 5.51. The van der Waals surface area contributed by atoms with Crippen LogP contribution in [-0.4, -0.2) is 43.8 Å². The number of aliphatic carboxylic acids is 1. The Labute approximate surface area is 119 Å². The number of carbonyl (C=O) groups is 3. The highest BCUT2D eigenvalue weighted by molar-refractivity contribution is 7.18. The number of carboxylic acid groups (broad SMARTS) is 1. The summed E-state index contributed by atoms with van der Waals surface area (Å²) >= 11 is 1.03. The lowest BCUT2D eigenvalue weighted by atomic mass is 10.1. The van der Waals surface area contributed by atoms with Gasteiger partial charge in [-0.05, 0) is 12.5 Å². The maximum absolute atomic E-state index is 11.8. The standard InChI is InChI=1S/C12H15NO6S/c1-6-8(11(16)18-2)10(13-5-4-7(14)15)20-9(6)12(17)19-3/h13H,4-5H2,1-3H3,(H,14,15). The normalized spacial score (nSPS) is 9.95. The number of ether oxygens (including phenoxy) is 2. The Hall–Kier alpha value is -2.09. The summed E-state index contributed by atoms with van der Waals surface area (Å²) in [7, 11) is 2.48. The van der Waals surface area contributed by atoms with E-state index in [1.165, 1.54) is 14.2 Å². The SMILES string of the molecule is COC(=O)c1sc(NCCC(=O)O)c(C(=O)OC)c1C. The largest absolute Gasteiger partial charge is 0.481 e. The number of methoxy groups -OCH3 is 2. The Morgan fingerprint density at radius 1 is 1.20 bits per heavy atom. The van der Waals surface area contributed by atoms with E-state index >= 15 is 0 Å². The molecule has 0 aliphatic rings. The molecule has 0 atom stereocenters. The zero-order valence-corrected chi connectivity index (χ0v) is 12.1. The van der Waals surface area contributed by atoms with Gasteiger partial charge in [-0.25, -0.2) is 9.59 Å². The molecule has 1 aromatic rings. The molecular weight excluding hydrogens is 286 g/mol. The van der Waals surface area contributed by atoms with Crippen molar-refractivity contribution in [3.05, 3.63) is 16.0 Å². The van der Waals surface area contributed by atoms with Gasteiger partial charge in [0, 0.05) is 6.54 Å². The lowest BCUT2D eigenvalue weighted by Crippen LogP contribution is -2.10. The Morgan fingerprint density at radius 3 is 2.30 bits per heavy atom. The van der Waals surface area contributed by atoms with E-state index in [4.69, 9.17) is 5.11 Å². The third-order valence-corrected chi connectivity index (χ3v) is 3.76. The molecule has 2 N–H and O–H groups in total. The third-order valence-electron chi connectivity index (χ3n) is 2.53. The van der Waals surface area contributed by atoms with Gasteiger partial charge in [-0.1, -0.05) is 0 Å². The Morgan fingerprint density at radius 2 is 1.80 bits per heavy atom. The Bertz CT molecular complexity index is 536. The first-order chi connectivity index (χ1) is 9.42. The second-order valence-corrected chi connectivity index (χ2v) is 4.83. The van der Waals surface area contributed by atoms with E-state index in [1.807, 2.05) is 0 Å². The van der Waals surface area contributed by atoms with Gasteiger partial charge in [0.1, 0.15) is 9.88 Å². The van der Waals surface area contributed by atoms with Crippen molar-refractivity contribution in [3.63, 3.8) is 0 Å². The van der Waals surface area contributed by atoms with Crippen LogP contribution in [0.2, 0.25) is 0 Å². The second-order valence-electron chi connectivity index (χ2n) is 3.81. The third kappa shape index (κ3) is 3.47. The van der Waals surface area contributed by atoms with E-state index in [0.29, 0.717) is 10.6 Å². The van der Waals surface area contributed by atoms with Crippen LogP contribution in [0.1, 0.15) is 32.0 Å². The number of hydrogen-bond acceptors (Lipinski definition) is 7. The lowest BCUT2D eigenvalue weighted by molar-refractivity contribution is -0.136. The van der Waals surface area contributed by atoms with Gasteiger partial charge in [0.05, 0.1) is 26.2 Å². The van der Waals surface area contributed by atoms with Crippen LogP contribution in [0.3, 0.4) is 0 Å². The molecule has 0 fully saturated rings. The first-order valence-corrected chi connectivity index (χ1v) is 6.49. The first kappa shape index (κ1) is 16.0. The summed E-state index contributed by atoms with van der Waals surface area (Å²) in [6.07, 6.45) is -0.106. The van der Waals surface area contributed by atoms with E-state index < -0.39 is 17.9 Å². The van der Waals surface area contributed by atoms with Crippen molar-refractivity contribution in [1.29, 1.82) is 0 Å². The highest BCUT2D eigenvalue weighted by Crippen LogP contribution is 2.34. The van der Waals surface area contributed by atoms with Crippen molar-refractivity contribution in [3.8, 4) is 0 Å². The van der Waals surface area contributed by atoms with Crippen LogP contribution >= 0.6 is 11.3 Å². The molecule has 0 bridgehead atoms. The number of rotatable bonds is 6. The molecule has 0 saturated heterocycles. The molecule has 0 aliphatic heterocycles. The number of carboxylic acids is 1. The number of esters is 2. The quantitative estimate of drug-likeness (QED) is 0.768. The van der Waals surface area contributed by atoms with Gasteiger partial charge in [-0.2, -0.15) is 0 Å². The molecule has 8 heteroatoms. The maximum atomic E-state index is 11.8. The predicted octanol–water partition coefficient (Wildman–Crippen LogP) is 1.52. The zero-order chi connectivity index (χ0) is 15.3. The van der Waals surface area contributed by atoms with Crippen LogP contribution < -0.4 is 5.32 Å². The van der Waals surface area contributed by atoms with Crippen LogP contribution in [0.5, 0.6) is 0 Å². The van der Waals surface area contributed by atoms with Crippen LogP contribution in [0.15, 0.2) is 0 Å². The minimum absolute atomic E-state index is 0.106. The minimum atomic E-state index is -0.960. The predicted molar refractivity (Wildman–Crippen MR) is 72.5 cm³/mol. The van der Waals surface area contributed by atoms with Crippen molar-refractivity contribution in [2.75, 3.05) is 26.1 Å². The summed E-state index contributed by atoms with van der Waals surface area (Å²) in [5, 5.41) is 11.8. The summed E-state index contributed by atoms with van der Waals surface area (Å²) < 4.78 is 9.31. The average Bonchev–Trinajstić information content (AvgIpc) is 2.73. The smallest absolute Gasteiger partial charge is 0.348 e. The van der Waals surface area contributed by atoms with Crippen LogP contribution in [0.25, 0.3) is 0 Å². The van der Waals surface area contributed by atoms with Crippen molar-refractivity contribution in [1.82, 2.24) is 0 Å². The molecule has 0 saturated carbocycles. The summed E-state index contributed by atoms with van der Waals surface area (Å²) in [5.41, 5.74) is 0.676. The zero-order valence-electron chi connectivity index (χ0n) is 11.3. The lowest BCUT2D eigenvalue weighted by Gasteiger charge is -2.05. The molecule has 0 aliphatic carbocycles. The molecular formula is C12H15NO6S. The van der Waals surface area contributed by atoms with E-state index in [0.717, 1.165) is 11.3 Å². The molecule has 0 spiro atoms. The molecule has 110 valence electrons. The van der Waals surface area contributed by atoms with E-state index in [-0.39, 0.29) is 23.4 Å². The topological polar surface area (TPSA) is 102 Å². The van der Waals surface area contributed by atoms with Gasteiger partial charge in [-0.3, -0.25) is 4.79 Å². The molecule has 0 unspecified atom stereocenters. The van der Waals surface area contributed by atoms with Crippen LogP contribution in [0, 0.1) is 6.92 Å². The molecule has 0 amide bonds. The van der Waals surface area contributed by atoms with Gasteiger partial charge in [0.25, 0.3) is 0 Å². The molecule has 1 aromatic heterocycles. The number of thiophene rings is 1. The summed E-state index contributed by atoms with van der Waals surface area (Å²) in [5.74, 6) is -2.10. The summed E-state index contributed by atoms with van der Waals surface area (Å²) in [6.45, 7) is 1.75. The highest BCUT2D eigenvalue weighted by atomic mass is 32.1. The molecule has 7 nitrogen and oxygen atoms in total. The van der Waals surface area contributed by atoms with Gasteiger partial charge in [0.2, 0.25) is 0 Å². The number of anilines is 1. The van der Waals surface area contributed by atoms with Crippen LogP contribution in [-0.2, 0) is 14.3 Å². The molecule has 1 heterocycles. The van der Waals surface area contributed by atoms with E-state index in [2.05, 4.69) is 14.8 Å². The Balaban J connectivity index is 3.10. The minimum Gasteiger partial charge on any atom is -0.481 e. The van der Waals surface area contributed by atoms with Crippen LogP contribution in [0.4, 0.5) is 5.00 Å². The molecule has 20 heavy (non-hydrogen) atoms. The molecule has 1 rings (SSSR count). The number of nitrogens with one attached hydrogen (secondary N) is 1. The van der Waals surface area contributed by atoms with Gasteiger partial charge < -0.3 is 19.9 Å².